The van der Waals surface area contributed by atoms with Gasteiger partial charge in [0.25, 0.3) is 0 Å². The Balaban J connectivity index is 2.64. The average molecular weight is 112 g/mol. The van der Waals surface area contributed by atoms with Gasteiger partial charge >= 0.3 is 5.97 Å². The van der Waals surface area contributed by atoms with Crippen molar-refractivity contribution in [2.24, 2.45) is 0 Å². The van der Waals surface area contributed by atoms with Crippen molar-refractivity contribution in [3.8, 4) is 0 Å². The first-order valence-corrected chi connectivity index (χ1v) is 2.62. The summed E-state index contributed by atoms with van der Waals surface area (Å²) in [6.45, 7) is 5.37. The zero-order valence-corrected chi connectivity index (χ0v) is 4.81. The van der Waals surface area contributed by atoms with E-state index in [0.717, 1.165) is 0 Å². The van der Waals surface area contributed by atoms with Gasteiger partial charge < -0.3 is 4.74 Å². The number of epoxide rings is 1. The third-order valence-electron chi connectivity index (χ3n) is 1.43. The molecule has 1 rings (SSSR count). The zero-order chi connectivity index (χ0) is 6.20. The predicted molar refractivity (Wildman–Crippen MR) is 29.3 cm³/mol. The van der Waals surface area contributed by atoms with E-state index >= 15 is 0 Å². The Kier molecular flexibility index (Phi) is 0.897. The fraction of sp³-hybridized carbons (Fsp3) is 0.500. The van der Waals surface area contributed by atoms with Crippen LogP contribution in [0.1, 0.15) is 13.3 Å². The van der Waals surface area contributed by atoms with Crippen LogP contribution in [0.2, 0.25) is 0 Å². The highest BCUT2D eigenvalue weighted by atomic mass is 16.7. The number of hydrogen-bond acceptors (Lipinski definition) is 2. The maximum Gasteiger partial charge on any atom is 0.356 e. The van der Waals surface area contributed by atoms with E-state index in [-0.39, 0.29) is 5.97 Å². The van der Waals surface area contributed by atoms with E-state index < -0.39 is 5.60 Å². The molecule has 0 aromatic carbocycles. The molecule has 1 unspecified atom stereocenters. The highest BCUT2D eigenvalue weighted by Crippen LogP contribution is 2.33. The predicted octanol–water partition coefficient (Wildman–Crippen LogP) is 0.878. The van der Waals surface area contributed by atoms with Gasteiger partial charge in [0, 0.05) is 0 Å². The molecule has 0 saturated carbocycles. The molecule has 44 valence electrons. The van der Waals surface area contributed by atoms with Gasteiger partial charge in [-0.15, -0.1) is 0 Å². The summed E-state index contributed by atoms with van der Waals surface area (Å²) in [6, 6.07) is 0. The van der Waals surface area contributed by atoms with E-state index in [1.165, 1.54) is 0 Å². The second-order valence-electron chi connectivity index (χ2n) is 1.84. The summed E-state index contributed by atoms with van der Waals surface area (Å²) in [6.07, 6.45) is 2.25. The molecule has 2 heteroatoms. The van der Waals surface area contributed by atoms with Gasteiger partial charge in [-0.3, -0.25) is 0 Å². The fourth-order valence-electron chi connectivity index (χ4n) is 0.626. The molecule has 1 aliphatic heterocycles. The number of carbonyl (C=O) groups is 1. The third-order valence-corrected chi connectivity index (χ3v) is 1.43. The highest BCUT2D eigenvalue weighted by molar-refractivity contribution is 5.95. The number of rotatable bonds is 2. The topological polar surface area (TPSA) is 29.6 Å². The highest BCUT2D eigenvalue weighted by Gasteiger charge is 2.53. The molecule has 0 aromatic rings. The SMILES string of the molecule is C=CC1(CC)OC1=O. The van der Waals surface area contributed by atoms with E-state index in [4.69, 9.17) is 0 Å². The molecule has 0 spiro atoms. The number of hydrogen-bond donors (Lipinski definition) is 0. The summed E-state index contributed by atoms with van der Waals surface area (Å²) in [5.74, 6) is -0.144. The summed E-state index contributed by atoms with van der Waals surface area (Å²) in [4.78, 5) is 10.4. The molecule has 1 fully saturated rings. The van der Waals surface area contributed by atoms with Gasteiger partial charge in [-0.25, -0.2) is 4.79 Å². The van der Waals surface area contributed by atoms with Crippen molar-refractivity contribution >= 4 is 5.97 Å². The summed E-state index contributed by atoms with van der Waals surface area (Å²) in [7, 11) is 0. The minimum Gasteiger partial charge on any atom is -0.439 e. The van der Waals surface area contributed by atoms with Crippen molar-refractivity contribution in [2.75, 3.05) is 0 Å². The minimum absolute atomic E-state index is 0.144. The Morgan fingerprint density at radius 3 is 2.50 bits per heavy atom. The second kappa shape index (κ2) is 1.34. The van der Waals surface area contributed by atoms with Gasteiger partial charge in [-0.05, 0) is 12.5 Å². The van der Waals surface area contributed by atoms with Crippen LogP contribution in [0.3, 0.4) is 0 Å². The molecular weight excluding hydrogens is 104 g/mol. The van der Waals surface area contributed by atoms with E-state index in [1.807, 2.05) is 6.92 Å². The lowest BCUT2D eigenvalue weighted by molar-refractivity contribution is -0.117. The van der Waals surface area contributed by atoms with Crippen LogP contribution in [0.15, 0.2) is 12.7 Å². The van der Waals surface area contributed by atoms with Crippen LogP contribution >= 0.6 is 0 Å². The van der Waals surface area contributed by atoms with Crippen molar-refractivity contribution in [1.82, 2.24) is 0 Å². The Hall–Kier alpha value is -0.790. The number of carbonyl (C=O) groups excluding carboxylic acids is 1. The van der Waals surface area contributed by atoms with E-state index in [0.29, 0.717) is 6.42 Å². The fourth-order valence-corrected chi connectivity index (χ4v) is 0.626. The largest absolute Gasteiger partial charge is 0.439 e. The van der Waals surface area contributed by atoms with Gasteiger partial charge in [0.15, 0.2) is 0 Å². The molecule has 0 aliphatic carbocycles. The second-order valence-corrected chi connectivity index (χ2v) is 1.84. The van der Waals surface area contributed by atoms with E-state index in [9.17, 15) is 4.79 Å². The van der Waals surface area contributed by atoms with E-state index in [1.54, 1.807) is 6.08 Å². The quantitative estimate of drug-likeness (QED) is 0.392. The normalized spacial score (nSPS) is 33.9. The van der Waals surface area contributed by atoms with Crippen LogP contribution in [0.4, 0.5) is 0 Å². The molecular formula is C6H8O2. The molecule has 0 amide bonds. The Morgan fingerprint density at radius 1 is 2.00 bits per heavy atom. The molecule has 0 aromatic heterocycles. The molecule has 2 nitrogen and oxygen atoms in total. The maximum absolute atomic E-state index is 10.4. The maximum atomic E-state index is 10.4. The van der Waals surface area contributed by atoms with Crippen LogP contribution in [0.5, 0.6) is 0 Å². The Labute approximate surface area is 48.1 Å². The molecule has 8 heavy (non-hydrogen) atoms. The van der Waals surface area contributed by atoms with Crippen LogP contribution in [0, 0.1) is 0 Å². The summed E-state index contributed by atoms with van der Waals surface area (Å²) in [5, 5.41) is 0. The lowest BCUT2D eigenvalue weighted by Gasteiger charge is -1.90. The first-order valence-electron chi connectivity index (χ1n) is 2.62. The number of cyclic esters (lactones) is 1. The molecule has 0 N–H and O–H groups in total. The molecule has 0 bridgehead atoms. The third kappa shape index (κ3) is 0.457. The molecule has 1 aliphatic rings. The van der Waals surface area contributed by atoms with Crippen LogP contribution in [-0.2, 0) is 9.53 Å². The van der Waals surface area contributed by atoms with Gasteiger partial charge in [-0.2, -0.15) is 0 Å². The van der Waals surface area contributed by atoms with Crippen molar-refractivity contribution in [1.29, 1.82) is 0 Å². The first kappa shape index (κ1) is 5.35. The van der Waals surface area contributed by atoms with Crippen LogP contribution < -0.4 is 0 Å². The monoisotopic (exact) mass is 112 g/mol. The summed E-state index contributed by atoms with van der Waals surface area (Å²) in [5.41, 5.74) is -0.583. The van der Waals surface area contributed by atoms with Gasteiger partial charge in [0.2, 0.25) is 5.60 Å². The zero-order valence-electron chi connectivity index (χ0n) is 4.81. The Bertz CT molecular complexity index is 139. The standard InChI is InChI=1S/C6H8O2/c1-3-6(4-2)5(7)8-6/h3H,1,4H2,2H3. The van der Waals surface area contributed by atoms with Crippen molar-refractivity contribution in [3.05, 3.63) is 12.7 Å². The van der Waals surface area contributed by atoms with Crippen molar-refractivity contribution in [2.45, 2.75) is 18.9 Å². The summed E-state index contributed by atoms with van der Waals surface area (Å²) >= 11 is 0. The lowest BCUT2D eigenvalue weighted by Crippen LogP contribution is -2.04. The Morgan fingerprint density at radius 2 is 2.50 bits per heavy atom. The smallest absolute Gasteiger partial charge is 0.356 e. The number of ether oxygens (including phenoxy) is 1. The van der Waals surface area contributed by atoms with Gasteiger partial charge in [0.05, 0.1) is 0 Å². The first-order chi connectivity index (χ1) is 3.75. The van der Waals surface area contributed by atoms with Crippen molar-refractivity contribution in [3.63, 3.8) is 0 Å². The minimum atomic E-state index is -0.583. The lowest BCUT2D eigenvalue weighted by atomic mass is 10.1. The molecule has 0 radical (unpaired) electrons. The van der Waals surface area contributed by atoms with Gasteiger partial charge in [0.1, 0.15) is 0 Å². The average Bonchev–Trinajstić information content (AvgIpc) is 2.43. The van der Waals surface area contributed by atoms with Crippen LogP contribution in [0.25, 0.3) is 0 Å². The molecule has 1 heterocycles. The van der Waals surface area contributed by atoms with Gasteiger partial charge in [-0.1, -0.05) is 13.5 Å². The molecule has 1 saturated heterocycles. The summed E-state index contributed by atoms with van der Waals surface area (Å²) < 4.78 is 4.65. The van der Waals surface area contributed by atoms with Crippen LogP contribution in [-0.4, -0.2) is 11.6 Å². The molecule has 1 atom stereocenters. The van der Waals surface area contributed by atoms with E-state index in [2.05, 4.69) is 11.3 Å². The van der Waals surface area contributed by atoms with Crippen molar-refractivity contribution < 1.29 is 9.53 Å².